The Hall–Kier alpha value is -3.40. The van der Waals surface area contributed by atoms with Crippen molar-refractivity contribution in [1.29, 1.82) is 0 Å². The first kappa shape index (κ1) is 22.3. The van der Waals surface area contributed by atoms with Crippen LogP contribution in [0.5, 0.6) is 11.5 Å². The molecule has 0 saturated heterocycles. The third kappa shape index (κ3) is 5.21. The summed E-state index contributed by atoms with van der Waals surface area (Å²) in [5.74, 6) is -0.832. The van der Waals surface area contributed by atoms with Crippen molar-refractivity contribution < 1.29 is 23.4 Å². The summed E-state index contributed by atoms with van der Waals surface area (Å²) in [5.41, 5.74) is 0.175. The van der Waals surface area contributed by atoms with Gasteiger partial charge in [-0.3, -0.25) is 4.79 Å². The minimum Gasteiger partial charge on any atom is -0.504 e. The monoisotopic (exact) mass is 444 g/mol. The molecule has 0 fully saturated rings. The smallest absolute Gasteiger partial charge is 0.285 e. The number of hydrogen-bond acceptors (Lipinski definition) is 7. The molecule has 0 spiro atoms. The number of phenols is 2. The zero-order valence-corrected chi connectivity index (χ0v) is 18.2. The maximum Gasteiger partial charge on any atom is 0.285 e. The van der Waals surface area contributed by atoms with E-state index in [4.69, 9.17) is 0 Å². The predicted octanol–water partition coefficient (Wildman–Crippen LogP) is 2.19. The Morgan fingerprint density at radius 2 is 1.87 bits per heavy atom. The Balaban J connectivity index is 1.94. The number of nitrogens with one attached hydrogen (secondary N) is 1. The summed E-state index contributed by atoms with van der Waals surface area (Å²) in [6.07, 6.45) is 1.30. The minimum atomic E-state index is -3.88. The second kappa shape index (κ2) is 8.38. The van der Waals surface area contributed by atoms with Gasteiger partial charge in [-0.2, -0.15) is 13.5 Å². The van der Waals surface area contributed by atoms with Crippen LogP contribution < -0.4 is 5.32 Å². The molecule has 2 aromatic rings. The van der Waals surface area contributed by atoms with E-state index in [1.165, 1.54) is 35.5 Å². The highest BCUT2D eigenvalue weighted by Gasteiger charge is 2.32. The first-order valence-corrected chi connectivity index (χ1v) is 11.0. The van der Waals surface area contributed by atoms with Crippen LogP contribution in [-0.4, -0.2) is 53.7 Å². The molecule has 0 aliphatic carbocycles. The minimum absolute atomic E-state index is 0.0296. The fourth-order valence-electron chi connectivity index (χ4n) is 2.97. The van der Waals surface area contributed by atoms with Crippen LogP contribution in [0, 0.1) is 0 Å². The molecule has 0 unspecified atom stereocenters. The van der Waals surface area contributed by atoms with Gasteiger partial charge in [0, 0.05) is 23.1 Å². The number of amidine groups is 1. The SMILES string of the molecule is CC(C)(C)NC(=O)CCN(N=Cc1cccc(O)c1O)C1=NS(=O)(=O)c2ccccc21. The number of nitrogens with zero attached hydrogens (tertiary/aromatic N) is 3. The normalized spacial score (nSPS) is 14.9. The van der Waals surface area contributed by atoms with E-state index in [0.717, 1.165) is 0 Å². The second-order valence-electron chi connectivity index (χ2n) is 8.02. The van der Waals surface area contributed by atoms with Gasteiger partial charge in [-0.1, -0.05) is 18.2 Å². The van der Waals surface area contributed by atoms with Crippen LogP contribution >= 0.6 is 0 Å². The number of aromatic hydroxyl groups is 2. The molecule has 1 amide bonds. The molecule has 2 aromatic carbocycles. The van der Waals surface area contributed by atoms with Crippen molar-refractivity contribution in [1.82, 2.24) is 10.3 Å². The van der Waals surface area contributed by atoms with Crippen LogP contribution in [0.4, 0.5) is 0 Å². The van der Waals surface area contributed by atoms with E-state index in [2.05, 4.69) is 14.8 Å². The molecule has 9 nitrogen and oxygen atoms in total. The number of sulfonamides is 1. The van der Waals surface area contributed by atoms with Crippen LogP contribution in [0.15, 0.2) is 56.9 Å². The molecule has 3 rings (SSSR count). The van der Waals surface area contributed by atoms with Gasteiger partial charge < -0.3 is 15.5 Å². The second-order valence-corrected chi connectivity index (χ2v) is 9.59. The fourth-order valence-corrected chi connectivity index (χ4v) is 4.17. The van der Waals surface area contributed by atoms with Crippen molar-refractivity contribution in [3.05, 3.63) is 53.6 Å². The maximum atomic E-state index is 12.4. The quantitative estimate of drug-likeness (QED) is 0.368. The number of amides is 1. The first-order chi connectivity index (χ1) is 14.5. The highest BCUT2D eigenvalue weighted by Crippen LogP contribution is 2.29. The number of rotatable bonds is 5. The Kier molecular flexibility index (Phi) is 6.03. The Morgan fingerprint density at radius 1 is 1.16 bits per heavy atom. The van der Waals surface area contributed by atoms with Crippen LogP contribution in [0.25, 0.3) is 0 Å². The van der Waals surface area contributed by atoms with Crippen LogP contribution in [0.3, 0.4) is 0 Å². The molecule has 0 aromatic heterocycles. The number of carbonyl (C=O) groups is 1. The van der Waals surface area contributed by atoms with Crippen molar-refractivity contribution in [2.24, 2.45) is 9.50 Å². The topological polar surface area (TPSA) is 132 Å². The summed E-state index contributed by atoms with van der Waals surface area (Å²) in [6.45, 7) is 5.61. The molecule has 1 aliphatic heterocycles. The van der Waals surface area contributed by atoms with Gasteiger partial charge in [0.2, 0.25) is 5.91 Å². The molecular weight excluding hydrogens is 420 g/mol. The lowest BCUT2D eigenvalue weighted by Crippen LogP contribution is -2.42. The molecule has 10 heteroatoms. The molecule has 0 saturated carbocycles. The summed E-state index contributed by atoms with van der Waals surface area (Å²) in [6, 6.07) is 10.7. The van der Waals surface area contributed by atoms with Gasteiger partial charge in [0.15, 0.2) is 17.3 Å². The molecule has 164 valence electrons. The van der Waals surface area contributed by atoms with Crippen molar-refractivity contribution in [3.8, 4) is 11.5 Å². The van der Waals surface area contributed by atoms with Gasteiger partial charge in [0.05, 0.1) is 12.8 Å². The summed E-state index contributed by atoms with van der Waals surface area (Å²) in [7, 11) is -3.88. The van der Waals surface area contributed by atoms with Crippen LogP contribution in [-0.2, 0) is 14.8 Å². The third-order valence-corrected chi connectivity index (χ3v) is 5.63. The Labute approximate surface area is 180 Å². The van der Waals surface area contributed by atoms with Gasteiger partial charge in [-0.15, -0.1) is 4.40 Å². The van der Waals surface area contributed by atoms with E-state index < -0.39 is 15.6 Å². The summed E-state index contributed by atoms with van der Waals surface area (Å²) < 4.78 is 28.7. The van der Waals surface area contributed by atoms with Gasteiger partial charge in [-0.05, 0) is 45.0 Å². The number of para-hydroxylation sites is 1. The number of carbonyl (C=O) groups excluding carboxylic acids is 1. The molecule has 31 heavy (non-hydrogen) atoms. The third-order valence-electron chi connectivity index (χ3n) is 4.30. The number of phenolic OH excluding ortho intramolecular Hbond substituents is 2. The molecule has 1 aliphatic rings. The molecule has 3 N–H and O–H groups in total. The lowest BCUT2D eigenvalue weighted by Gasteiger charge is -2.22. The van der Waals surface area contributed by atoms with Gasteiger partial charge in [-0.25, -0.2) is 5.01 Å². The fraction of sp³-hybridized carbons (Fsp3) is 0.286. The average molecular weight is 445 g/mol. The van der Waals surface area contributed by atoms with E-state index in [0.29, 0.717) is 5.56 Å². The van der Waals surface area contributed by atoms with E-state index >= 15 is 0 Å². The zero-order valence-electron chi connectivity index (χ0n) is 17.4. The highest BCUT2D eigenvalue weighted by molar-refractivity contribution is 7.90. The number of benzene rings is 2. The molecule has 1 heterocycles. The molecule has 0 radical (unpaired) electrons. The number of hydrogen-bond donors (Lipinski definition) is 3. The van der Waals surface area contributed by atoms with Crippen molar-refractivity contribution >= 4 is 28.0 Å². The highest BCUT2D eigenvalue weighted by atomic mass is 32.2. The van der Waals surface area contributed by atoms with Crippen molar-refractivity contribution in [2.75, 3.05) is 6.54 Å². The van der Waals surface area contributed by atoms with E-state index in [1.54, 1.807) is 18.2 Å². The summed E-state index contributed by atoms with van der Waals surface area (Å²) >= 11 is 0. The Morgan fingerprint density at radius 3 is 2.58 bits per heavy atom. The zero-order chi connectivity index (χ0) is 22.8. The molecular formula is C21H24N4O5S. The summed E-state index contributed by atoms with van der Waals surface area (Å²) in [4.78, 5) is 12.4. The van der Waals surface area contributed by atoms with Gasteiger partial charge in [0.1, 0.15) is 4.90 Å². The van der Waals surface area contributed by atoms with E-state index in [1.807, 2.05) is 20.8 Å². The van der Waals surface area contributed by atoms with E-state index in [9.17, 15) is 23.4 Å². The number of fused-ring (bicyclic) bond motifs is 1. The van der Waals surface area contributed by atoms with Crippen LogP contribution in [0.2, 0.25) is 0 Å². The Bertz CT molecular complexity index is 1170. The van der Waals surface area contributed by atoms with Gasteiger partial charge in [0.25, 0.3) is 10.0 Å². The van der Waals surface area contributed by atoms with Crippen LogP contribution in [0.1, 0.15) is 38.3 Å². The predicted molar refractivity (Wildman–Crippen MR) is 117 cm³/mol. The average Bonchev–Trinajstić information content (AvgIpc) is 2.95. The molecule has 0 bridgehead atoms. The standard InChI is InChI=1S/C21H24N4O5S/c1-21(2,3)23-18(27)11-12-25(22-13-14-7-6-9-16(26)19(14)28)20-15-8-4-5-10-17(15)31(29,30)24-20/h4-10,13,26,28H,11-12H2,1-3H3,(H,23,27). The lowest BCUT2D eigenvalue weighted by atomic mass is 10.1. The van der Waals surface area contributed by atoms with Crippen molar-refractivity contribution in [3.63, 3.8) is 0 Å². The molecule has 0 atom stereocenters. The van der Waals surface area contributed by atoms with E-state index in [-0.39, 0.29) is 46.7 Å². The summed E-state index contributed by atoms with van der Waals surface area (Å²) in [5, 5.41) is 28.1. The lowest BCUT2D eigenvalue weighted by molar-refractivity contribution is -0.122. The maximum absolute atomic E-state index is 12.4. The van der Waals surface area contributed by atoms with Gasteiger partial charge >= 0.3 is 0 Å². The largest absolute Gasteiger partial charge is 0.504 e. The van der Waals surface area contributed by atoms with Crippen molar-refractivity contribution in [2.45, 2.75) is 37.6 Å². The number of hydrazone groups is 1. The first-order valence-electron chi connectivity index (χ1n) is 9.56.